The van der Waals surface area contributed by atoms with E-state index >= 15 is 0 Å². The third kappa shape index (κ3) is 7.14. The summed E-state index contributed by atoms with van der Waals surface area (Å²) in [5.41, 5.74) is 20.9. The van der Waals surface area contributed by atoms with Crippen LogP contribution in [-0.2, 0) is 0 Å². The van der Waals surface area contributed by atoms with Crippen molar-refractivity contribution >= 4 is 82.5 Å². The maximum absolute atomic E-state index is 2.45. The van der Waals surface area contributed by atoms with Gasteiger partial charge in [-0.1, -0.05) is 152 Å². The summed E-state index contributed by atoms with van der Waals surface area (Å²) in [6.45, 7) is 0. The molecule has 15 rings (SSSR count). The van der Waals surface area contributed by atoms with Crippen LogP contribution in [-0.4, -0.2) is 13.7 Å². The summed E-state index contributed by atoms with van der Waals surface area (Å²) in [5.74, 6) is 0. The van der Waals surface area contributed by atoms with E-state index in [0.29, 0.717) is 0 Å². The summed E-state index contributed by atoms with van der Waals surface area (Å²) >= 11 is 0. The van der Waals surface area contributed by atoms with E-state index in [1.54, 1.807) is 0 Å². The average molecular weight is 969 g/mol. The average Bonchev–Trinajstić information content (AvgIpc) is 4.21. The Hall–Kier alpha value is -10.2. The van der Waals surface area contributed by atoms with Crippen molar-refractivity contribution in [2.75, 3.05) is 4.90 Å². The van der Waals surface area contributed by atoms with E-state index in [-0.39, 0.29) is 0 Å². The number of para-hydroxylation sites is 7. The van der Waals surface area contributed by atoms with E-state index in [1.807, 2.05) is 0 Å². The van der Waals surface area contributed by atoms with Gasteiger partial charge in [-0.15, -0.1) is 0 Å². The minimum Gasteiger partial charge on any atom is -0.311 e. The standard InChI is InChI=1S/C72H48N4/c1-5-19-55(20-6-1)73(56-21-7-2-8-22-56)59-37-33-49(34-38-59)52-43-53(50-35-40-70-64(46-50)61-27-13-16-30-67(61)74(70)57-23-9-3-10-24-57)45-54(44-52)51-36-41-71-65(47-51)62-28-14-18-32-69(62)76(71)60-39-42-72-66(48-60)63-29-15-17-31-68(63)75(72)58-25-11-4-12-26-58/h1-48H. The molecule has 0 radical (unpaired) electrons. The van der Waals surface area contributed by atoms with Gasteiger partial charge in [0.2, 0.25) is 0 Å². The van der Waals surface area contributed by atoms with Crippen molar-refractivity contribution in [3.63, 3.8) is 0 Å². The van der Waals surface area contributed by atoms with E-state index in [1.165, 1.54) is 71.0 Å². The van der Waals surface area contributed by atoms with E-state index in [0.717, 1.165) is 61.9 Å². The molecule has 12 aromatic carbocycles. The van der Waals surface area contributed by atoms with Gasteiger partial charge in [0.15, 0.2) is 0 Å². The molecule has 4 heteroatoms. The highest BCUT2D eigenvalue weighted by atomic mass is 15.1. The molecule has 0 aliphatic rings. The molecule has 356 valence electrons. The summed E-state index contributed by atoms with van der Waals surface area (Å²) in [6, 6.07) is 106. The number of rotatable bonds is 9. The Morgan fingerprint density at radius 3 is 0.947 bits per heavy atom. The molecule has 0 aliphatic carbocycles. The molecule has 0 bridgehead atoms. The number of aromatic nitrogens is 3. The Morgan fingerprint density at radius 2 is 0.500 bits per heavy atom. The summed E-state index contributed by atoms with van der Waals surface area (Å²) in [7, 11) is 0. The Morgan fingerprint density at radius 1 is 0.184 bits per heavy atom. The summed E-state index contributed by atoms with van der Waals surface area (Å²) in [6.07, 6.45) is 0. The van der Waals surface area contributed by atoms with Gasteiger partial charge in [0, 0.05) is 66.4 Å². The molecule has 15 aromatic rings. The van der Waals surface area contributed by atoms with Crippen LogP contribution in [0.15, 0.2) is 291 Å². The fourth-order valence-electron chi connectivity index (χ4n) is 11.9. The van der Waals surface area contributed by atoms with Gasteiger partial charge in [0.05, 0.1) is 33.1 Å². The quantitative estimate of drug-likeness (QED) is 0.141. The van der Waals surface area contributed by atoms with Crippen molar-refractivity contribution in [1.29, 1.82) is 0 Å². The molecule has 0 aliphatic heterocycles. The van der Waals surface area contributed by atoms with Crippen molar-refractivity contribution < 1.29 is 0 Å². The molecule has 3 heterocycles. The van der Waals surface area contributed by atoms with E-state index < -0.39 is 0 Å². The number of fused-ring (bicyclic) bond motifs is 9. The van der Waals surface area contributed by atoms with Gasteiger partial charge >= 0.3 is 0 Å². The van der Waals surface area contributed by atoms with Gasteiger partial charge in [0.1, 0.15) is 0 Å². The topological polar surface area (TPSA) is 18.0 Å². The van der Waals surface area contributed by atoms with E-state index in [2.05, 4.69) is 310 Å². The van der Waals surface area contributed by atoms with E-state index in [4.69, 9.17) is 0 Å². The van der Waals surface area contributed by atoms with Crippen LogP contribution in [0.25, 0.3) is 116 Å². The lowest BCUT2D eigenvalue weighted by atomic mass is 9.92. The van der Waals surface area contributed by atoms with E-state index in [9.17, 15) is 0 Å². The second-order valence-electron chi connectivity index (χ2n) is 19.7. The highest BCUT2D eigenvalue weighted by Gasteiger charge is 2.20. The molecule has 76 heavy (non-hydrogen) atoms. The van der Waals surface area contributed by atoms with Crippen molar-refractivity contribution in [3.05, 3.63) is 291 Å². The predicted octanol–water partition coefficient (Wildman–Crippen LogP) is 19.4. The lowest BCUT2D eigenvalue weighted by molar-refractivity contribution is 1.17. The lowest BCUT2D eigenvalue weighted by Crippen LogP contribution is -2.09. The normalized spacial score (nSPS) is 11.7. The smallest absolute Gasteiger partial charge is 0.0542 e. The summed E-state index contributed by atoms with van der Waals surface area (Å²) in [4.78, 5) is 2.32. The first-order valence-corrected chi connectivity index (χ1v) is 26.1. The van der Waals surface area contributed by atoms with Crippen LogP contribution in [0.2, 0.25) is 0 Å². The van der Waals surface area contributed by atoms with Crippen molar-refractivity contribution in [3.8, 4) is 50.4 Å². The molecular formula is C72H48N4. The largest absolute Gasteiger partial charge is 0.311 e. The monoisotopic (exact) mass is 968 g/mol. The van der Waals surface area contributed by atoms with Gasteiger partial charge in [-0.05, 0) is 173 Å². The highest BCUT2D eigenvalue weighted by molar-refractivity contribution is 6.14. The fourth-order valence-corrected chi connectivity index (χ4v) is 11.9. The third-order valence-electron chi connectivity index (χ3n) is 15.4. The van der Waals surface area contributed by atoms with Crippen LogP contribution in [0, 0.1) is 0 Å². The zero-order chi connectivity index (χ0) is 50.1. The van der Waals surface area contributed by atoms with Crippen LogP contribution in [0.3, 0.4) is 0 Å². The first-order chi connectivity index (χ1) is 37.7. The van der Waals surface area contributed by atoms with Crippen LogP contribution < -0.4 is 4.90 Å². The molecule has 0 amide bonds. The fraction of sp³-hybridized carbons (Fsp3) is 0. The van der Waals surface area contributed by atoms with Crippen molar-refractivity contribution in [2.24, 2.45) is 0 Å². The van der Waals surface area contributed by atoms with Gasteiger partial charge in [-0.3, -0.25) is 0 Å². The van der Waals surface area contributed by atoms with Crippen molar-refractivity contribution in [2.45, 2.75) is 0 Å². The molecule has 0 N–H and O–H groups in total. The Kier molecular flexibility index (Phi) is 10.2. The summed E-state index contributed by atoms with van der Waals surface area (Å²) < 4.78 is 7.22. The SMILES string of the molecule is c1ccc(N(c2ccccc2)c2ccc(-c3cc(-c4ccc5c(c4)c4ccccc4n5-c4ccccc4)cc(-c4ccc5c(c4)c4ccccc4n5-c4ccc5c(c4)c4ccccc4n5-c4ccccc4)c3)cc2)cc1. The predicted molar refractivity (Wildman–Crippen MR) is 320 cm³/mol. The molecule has 3 aromatic heterocycles. The van der Waals surface area contributed by atoms with Crippen LogP contribution in [0.5, 0.6) is 0 Å². The molecule has 0 unspecified atom stereocenters. The minimum absolute atomic E-state index is 1.10. The molecule has 0 atom stereocenters. The molecular weight excluding hydrogens is 921 g/mol. The maximum Gasteiger partial charge on any atom is 0.0542 e. The number of anilines is 3. The Balaban J connectivity index is 0.897. The van der Waals surface area contributed by atoms with Crippen LogP contribution >= 0.6 is 0 Å². The number of hydrogen-bond acceptors (Lipinski definition) is 1. The van der Waals surface area contributed by atoms with Gasteiger partial charge in [-0.25, -0.2) is 0 Å². The molecule has 0 saturated carbocycles. The van der Waals surface area contributed by atoms with Crippen molar-refractivity contribution in [1.82, 2.24) is 13.7 Å². The second-order valence-corrected chi connectivity index (χ2v) is 19.7. The van der Waals surface area contributed by atoms with Gasteiger partial charge in [-0.2, -0.15) is 0 Å². The lowest BCUT2D eigenvalue weighted by Gasteiger charge is -2.25. The third-order valence-corrected chi connectivity index (χ3v) is 15.4. The number of hydrogen-bond donors (Lipinski definition) is 0. The zero-order valence-electron chi connectivity index (χ0n) is 41.5. The number of benzene rings is 12. The maximum atomic E-state index is 2.45. The Bertz CT molecular complexity index is 4620. The highest BCUT2D eigenvalue weighted by Crippen LogP contribution is 2.42. The first-order valence-electron chi connectivity index (χ1n) is 26.1. The molecule has 0 saturated heterocycles. The summed E-state index contributed by atoms with van der Waals surface area (Å²) in [5, 5.41) is 7.37. The second kappa shape index (κ2) is 17.8. The van der Waals surface area contributed by atoms with Crippen LogP contribution in [0.4, 0.5) is 17.1 Å². The first kappa shape index (κ1) is 43.4. The van der Waals surface area contributed by atoms with Crippen LogP contribution in [0.1, 0.15) is 0 Å². The zero-order valence-corrected chi connectivity index (χ0v) is 41.5. The molecule has 0 spiro atoms. The minimum atomic E-state index is 1.10. The Labute approximate surface area is 440 Å². The number of nitrogens with zero attached hydrogens (tertiary/aromatic N) is 4. The van der Waals surface area contributed by atoms with Gasteiger partial charge in [0.25, 0.3) is 0 Å². The van der Waals surface area contributed by atoms with Gasteiger partial charge < -0.3 is 18.6 Å². The molecule has 0 fully saturated rings. The molecule has 4 nitrogen and oxygen atoms in total.